The van der Waals surface area contributed by atoms with Crippen LogP contribution in [-0.2, 0) is 16.4 Å². The lowest BCUT2D eigenvalue weighted by molar-refractivity contribution is 0.0697. The SMILES string of the molecule is CS(=O)(=O)Nc1cc2c(c(C(=O)O)c1)NCCC2. The summed E-state index contributed by atoms with van der Waals surface area (Å²) in [7, 11) is -3.41. The van der Waals surface area contributed by atoms with Crippen LogP contribution in [0.25, 0.3) is 0 Å². The van der Waals surface area contributed by atoms with Gasteiger partial charge >= 0.3 is 5.97 Å². The van der Waals surface area contributed by atoms with E-state index in [1.807, 2.05) is 0 Å². The van der Waals surface area contributed by atoms with Crippen molar-refractivity contribution in [2.24, 2.45) is 0 Å². The first-order chi connectivity index (χ1) is 8.37. The summed E-state index contributed by atoms with van der Waals surface area (Å²) < 4.78 is 24.7. The first kappa shape index (κ1) is 12.7. The zero-order chi connectivity index (χ0) is 13.3. The van der Waals surface area contributed by atoms with Gasteiger partial charge in [0, 0.05) is 12.2 Å². The van der Waals surface area contributed by atoms with Crippen molar-refractivity contribution in [1.82, 2.24) is 0 Å². The van der Waals surface area contributed by atoms with Gasteiger partial charge in [-0.3, -0.25) is 4.72 Å². The van der Waals surface area contributed by atoms with Gasteiger partial charge < -0.3 is 10.4 Å². The quantitative estimate of drug-likeness (QED) is 0.764. The number of anilines is 2. The fourth-order valence-electron chi connectivity index (χ4n) is 2.04. The zero-order valence-electron chi connectivity index (χ0n) is 9.86. The van der Waals surface area contributed by atoms with Gasteiger partial charge in [-0.25, -0.2) is 13.2 Å². The first-order valence-electron chi connectivity index (χ1n) is 5.49. The highest BCUT2D eigenvalue weighted by molar-refractivity contribution is 7.92. The molecule has 0 spiro atoms. The van der Waals surface area contributed by atoms with Crippen molar-refractivity contribution in [3.8, 4) is 0 Å². The maximum atomic E-state index is 11.2. The molecule has 0 radical (unpaired) electrons. The van der Waals surface area contributed by atoms with E-state index in [2.05, 4.69) is 10.0 Å². The maximum Gasteiger partial charge on any atom is 0.337 e. The van der Waals surface area contributed by atoms with Crippen molar-refractivity contribution in [3.63, 3.8) is 0 Å². The minimum Gasteiger partial charge on any atom is -0.478 e. The Morgan fingerprint density at radius 3 is 2.78 bits per heavy atom. The molecule has 0 aliphatic carbocycles. The largest absolute Gasteiger partial charge is 0.478 e. The van der Waals surface area contributed by atoms with E-state index in [1.54, 1.807) is 6.07 Å². The molecule has 0 atom stereocenters. The van der Waals surface area contributed by atoms with E-state index < -0.39 is 16.0 Å². The number of nitrogens with one attached hydrogen (secondary N) is 2. The summed E-state index contributed by atoms with van der Waals surface area (Å²) in [4.78, 5) is 11.2. The fraction of sp³-hybridized carbons (Fsp3) is 0.364. The van der Waals surface area contributed by atoms with Crippen LogP contribution in [0, 0.1) is 0 Å². The molecule has 0 amide bonds. The van der Waals surface area contributed by atoms with Crippen molar-refractivity contribution in [2.75, 3.05) is 22.8 Å². The first-order valence-corrected chi connectivity index (χ1v) is 7.38. The number of sulfonamides is 1. The van der Waals surface area contributed by atoms with E-state index in [1.165, 1.54) is 6.07 Å². The molecule has 1 aromatic rings. The van der Waals surface area contributed by atoms with Crippen LogP contribution in [0.2, 0.25) is 0 Å². The van der Waals surface area contributed by atoms with Gasteiger partial charge in [-0.15, -0.1) is 0 Å². The van der Waals surface area contributed by atoms with Gasteiger partial charge in [-0.1, -0.05) is 0 Å². The van der Waals surface area contributed by atoms with Gasteiger partial charge in [-0.2, -0.15) is 0 Å². The number of hydrogen-bond donors (Lipinski definition) is 3. The Kier molecular flexibility index (Phi) is 3.16. The molecule has 98 valence electrons. The van der Waals surface area contributed by atoms with Crippen LogP contribution in [0.15, 0.2) is 12.1 Å². The molecule has 3 N–H and O–H groups in total. The van der Waals surface area contributed by atoms with E-state index in [0.29, 0.717) is 5.69 Å². The summed E-state index contributed by atoms with van der Waals surface area (Å²) in [5, 5.41) is 12.2. The highest BCUT2D eigenvalue weighted by Crippen LogP contribution is 2.30. The third kappa shape index (κ3) is 2.73. The van der Waals surface area contributed by atoms with Crippen LogP contribution in [0.1, 0.15) is 22.3 Å². The molecule has 6 nitrogen and oxygen atoms in total. The van der Waals surface area contributed by atoms with Gasteiger partial charge in [0.2, 0.25) is 10.0 Å². The summed E-state index contributed by atoms with van der Waals surface area (Å²) in [6.45, 7) is 0.728. The van der Waals surface area contributed by atoms with E-state index in [0.717, 1.165) is 31.2 Å². The third-order valence-corrected chi connectivity index (χ3v) is 3.28. The Labute approximate surface area is 105 Å². The van der Waals surface area contributed by atoms with Crippen LogP contribution in [-0.4, -0.2) is 32.3 Å². The molecule has 0 saturated carbocycles. The molecule has 7 heteroatoms. The number of aryl methyl sites for hydroxylation is 1. The summed E-state index contributed by atoms with van der Waals surface area (Å²) in [6.07, 6.45) is 2.67. The molecule has 0 fully saturated rings. The Morgan fingerprint density at radius 1 is 1.44 bits per heavy atom. The number of benzene rings is 1. The van der Waals surface area contributed by atoms with Crippen molar-refractivity contribution >= 4 is 27.4 Å². The van der Waals surface area contributed by atoms with Gasteiger partial charge in [0.05, 0.1) is 17.5 Å². The number of hydrogen-bond acceptors (Lipinski definition) is 4. The third-order valence-electron chi connectivity index (χ3n) is 2.68. The average molecular weight is 270 g/mol. The molecule has 0 saturated heterocycles. The standard InChI is InChI=1S/C11H14N2O4S/c1-18(16,17)13-8-5-7-3-2-4-12-10(7)9(6-8)11(14)15/h5-6,12-13H,2-4H2,1H3,(H,14,15). The summed E-state index contributed by atoms with van der Waals surface area (Å²) in [6, 6.07) is 3.01. The van der Waals surface area contributed by atoms with Gasteiger partial charge in [0.25, 0.3) is 0 Å². The molecule has 18 heavy (non-hydrogen) atoms. The Bertz CT molecular complexity index is 595. The predicted molar refractivity (Wildman–Crippen MR) is 68.7 cm³/mol. The number of fused-ring (bicyclic) bond motifs is 1. The molecule has 2 rings (SSSR count). The number of carboxylic acids is 1. The van der Waals surface area contributed by atoms with E-state index in [-0.39, 0.29) is 11.3 Å². The van der Waals surface area contributed by atoms with Crippen LogP contribution in [0.3, 0.4) is 0 Å². The van der Waals surface area contributed by atoms with Crippen LogP contribution in [0.5, 0.6) is 0 Å². The minimum absolute atomic E-state index is 0.0957. The molecule has 1 heterocycles. The average Bonchev–Trinajstić information content (AvgIpc) is 2.25. The number of carboxylic acid groups (broad SMARTS) is 1. The molecule has 0 unspecified atom stereocenters. The van der Waals surface area contributed by atoms with E-state index >= 15 is 0 Å². The highest BCUT2D eigenvalue weighted by Gasteiger charge is 2.19. The second kappa shape index (κ2) is 4.49. The Hall–Kier alpha value is -1.76. The monoisotopic (exact) mass is 270 g/mol. The van der Waals surface area contributed by atoms with Crippen molar-refractivity contribution in [3.05, 3.63) is 23.3 Å². The number of aromatic carboxylic acids is 1. The van der Waals surface area contributed by atoms with Crippen molar-refractivity contribution in [1.29, 1.82) is 0 Å². The van der Waals surface area contributed by atoms with Crippen LogP contribution < -0.4 is 10.0 Å². The molecule has 1 aliphatic rings. The summed E-state index contributed by atoms with van der Waals surface area (Å²) in [5.74, 6) is -1.07. The fourth-order valence-corrected chi connectivity index (χ4v) is 2.59. The lowest BCUT2D eigenvalue weighted by Gasteiger charge is -2.21. The summed E-state index contributed by atoms with van der Waals surface area (Å²) >= 11 is 0. The normalized spacial score (nSPS) is 14.5. The molecule has 1 aromatic carbocycles. The molecule has 0 bridgehead atoms. The number of rotatable bonds is 3. The lowest BCUT2D eigenvalue weighted by atomic mass is 9.98. The number of carbonyl (C=O) groups is 1. The van der Waals surface area contributed by atoms with Gasteiger partial charge in [-0.05, 0) is 30.5 Å². The Morgan fingerprint density at radius 2 is 2.17 bits per heavy atom. The second-order valence-corrected chi connectivity index (χ2v) is 6.02. The molecular formula is C11H14N2O4S. The van der Waals surface area contributed by atoms with Crippen LogP contribution in [0.4, 0.5) is 11.4 Å². The van der Waals surface area contributed by atoms with Gasteiger partial charge in [0.1, 0.15) is 0 Å². The molecule has 1 aliphatic heterocycles. The maximum absolute atomic E-state index is 11.2. The van der Waals surface area contributed by atoms with Crippen LogP contribution >= 0.6 is 0 Å². The second-order valence-electron chi connectivity index (χ2n) is 4.27. The van der Waals surface area contributed by atoms with E-state index in [9.17, 15) is 13.2 Å². The van der Waals surface area contributed by atoms with Crippen molar-refractivity contribution < 1.29 is 18.3 Å². The van der Waals surface area contributed by atoms with E-state index in [4.69, 9.17) is 5.11 Å². The molecule has 0 aromatic heterocycles. The topological polar surface area (TPSA) is 95.5 Å². The zero-order valence-corrected chi connectivity index (χ0v) is 10.7. The highest BCUT2D eigenvalue weighted by atomic mass is 32.2. The van der Waals surface area contributed by atoms with Crippen molar-refractivity contribution in [2.45, 2.75) is 12.8 Å². The lowest BCUT2D eigenvalue weighted by Crippen LogP contribution is -2.17. The summed E-state index contributed by atoms with van der Waals surface area (Å²) in [5.41, 5.74) is 1.80. The van der Waals surface area contributed by atoms with Gasteiger partial charge in [0.15, 0.2) is 0 Å². The predicted octanol–water partition coefficient (Wildman–Crippen LogP) is 1.11. The Balaban J connectivity index is 2.51. The minimum atomic E-state index is -3.41. The smallest absolute Gasteiger partial charge is 0.337 e. The molecular weight excluding hydrogens is 256 g/mol.